The number of aliphatic imine (C=N–C) groups is 1. The molecule has 0 saturated heterocycles. The summed E-state index contributed by atoms with van der Waals surface area (Å²) in [5, 5.41) is 11.7. The van der Waals surface area contributed by atoms with Crippen molar-refractivity contribution in [3.63, 3.8) is 0 Å². The summed E-state index contributed by atoms with van der Waals surface area (Å²) in [6.07, 6.45) is 0. The molecule has 24 heavy (non-hydrogen) atoms. The van der Waals surface area contributed by atoms with E-state index in [-0.39, 0.29) is 18.6 Å². The Hall–Kier alpha value is -2.86. The van der Waals surface area contributed by atoms with Crippen LogP contribution < -0.4 is 11.5 Å². The zero-order valence-corrected chi connectivity index (χ0v) is 13.7. The average molecular weight is 324 g/mol. The molecule has 3 rings (SSSR count). The van der Waals surface area contributed by atoms with Crippen molar-refractivity contribution in [2.24, 2.45) is 16.5 Å². The molecular formula is C18H20N4O2. The Morgan fingerprint density at radius 2 is 1.96 bits per heavy atom. The van der Waals surface area contributed by atoms with Crippen LogP contribution in [0.2, 0.25) is 0 Å². The third kappa shape index (κ3) is 2.51. The number of aromatic nitrogens is 1. The lowest BCUT2D eigenvalue weighted by Gasteiger charge is -2.12. The fourth-order valence-electron chi connectivity index (χ4n) is 3.17. The van der Waals surface area contributed by atoms with Gasteiger partial charge in [0.25, 0.3) is 5.91 Å². The predicted molar refractivity (Wildman–Crippen MR) is 95.9 cm³/mol. The molecule has 3 aromatic rings. The molecule has 0 fully saturated rings. The summed E-state index contributed by atoms with van der Waals surface area (Å²) in [5.41, 5.74) is 13.8. The van der Waals surface area contributed by atoms with Crippen molar-refractivity contribution in [3.05, 3.63) is 47.5 Å². The van der Waals surface area contributed by atoms with E-state index in [4.69, 9.17) is 11.5 Å². The molecule has 0 atom stereocenters. The molecule has 0 aliphatic rings. The van der Waals surface area contributed by atoms with Gasteiger partial charge in [-0.15, -0.1) is 0 Å². The second-order valence-corrected chi connectivity index (χ2v) is 6.01. The van der Waals surface area contributed by atoms with Gasteiger partial charge in [-0.3, -0.25) is 4.79 Å². The van der Waals surface area contributed by atoms with Crippen LogP contribution in [-0.2, 0) is 6.61 Å². The van der Waals surface area contributed by atoms with Gasteiger partial charge in [-0.05, 0) is 37.6 Å². The maximum atomic E-state index is 12.1. The molecule has 0 aliphatic heterocycles. The molecule has 0 bridgehead atoms. The number of hydrogen-bond donors (Lipinski definition) is 3. The van der Waals surface area contributed by atoms with Crippen LogP contribution in [0.3, 0.4) is 0 Å². The average Bonchev–Trinajstić information content (AvgIpc) is 2.87. The maximum Gasteiger partial charge on any atom is 0.280 e. The summed E-state index contributed by atoms with van der Waals surface area (Å²) < 4.78 is 2.15. The van der Waals surface area contributed by atoms with Crippen molar-refractivity contribution in [1.82, 2.24) is 4.57 Å². The van der Waals surface area contributed by atoms with Gasteiger partial charge in [0.05, 0.1) is 12.1 Å². The standard InChI is InChI=1S/C18H20N4O2/c1-10(2)22-14-5-3-4-12(9-23)16(14)13-7-6-11(8-15(13)22)17(24)21-18(19)20/h3-8,10,23H,9H2,1-2H3,(H4,19,20,21,24). The van der Waals surface area contributed by atoms with Crippen LogP contribution in [0.15, 0.2) is 41.4 Å². The minimum atomic E-state index is -0.472. The molecule has 6 nitrogen and oxygen atoms in total. The number of nitrogens with zero attached hydrogens (tertiary/aromatic N) is 2. The highest BCUT2D eigenvalue weighted by molar-refractivity contribution is 6.12. The highest BCUT2D eigenvalue weighted by atomic mass is 16.3. The van der Waals surface area contributed by atoms with Crippen LogP contribution in [0, 0.1) is 0 Å². The van der Waals surface area contributed by atoms with Crippen LogP contribution >= 0.6 is 0 Å². The molecule has 124 valence electrons. The van der Waals surface area contributed by atoms with Crippen molar-refractivity contribution in [2.75, 3.05) is 0 Å². The van der Waals surface area contributed by atoms with Crippen molar-refractivity contribution in [1.29, 1.82) is 0 Å². The van der Waals surface area contributed by atoms with Gasteiger partial charge < -0.3 is 21.1 Å². The normalized spacial score (nSPS) is 11.3. The lowest BCUT2D eigenvalue weighted by atomic mass is 10.1. The SMILES string of the molecule is CC(C)n1c2cc(C(=O)N=C(N)N)ccc2c2c(CO)cccc21. The van der Waals surface area contributed by atoms with E-state index in [1.807, 2.05) is 24.3 Å². The number of carbonyl (C=O) groups is 1. The number of nitrogens with two attached hydrogens (primary N) is 2. The van der Waals surface area contributed by atoms with Gasteiger partial charge in [0.15, 0.2) is 5.96 Å². The number of carbonyl (C=O) groups excluding carboxylic acids is 1. The fourth-order valence-corrected chi connectivity index (χ4v) is 3.17. The maximum absolute atomic E-state index is 12.1. The number of amides is 1. The van der Waals surface area contributed by atoms with E-state index in [0.717, 1.165) is 27.4 Å². The van der Waals surface area contributed by atoms with E-state index in [0.29, 0.717) is 5.56 Å². The number of fused-ring (bicyclic) bond motifs is 3. The lowest BCUT2D eigenvalue weighted by Crippen LogP contribution is -2.24. The van der Waals surface area contributed by atoms with Gasteiger partial charge >= 0.3 is 0 Å². The lowest BCUT2D eigenvalue weighted by molar-refractivity contribution is 0.100. The summed E-state index contributed by atoms with van der Waals surface area (Å²) in [7, 11) is 0. The molecular weight excluding hydrogens is 304 g/mol. The molecule has 2 aromatic carbocycles. The van der Waals surface area contributed by atoms with Gasteiger partial charge in [-0.25, -0.2) is 0 Å². The second-order valence-electron chi connectivity index (χ2n) is 6.01. The summed E-state index contributed by atoms with van der Waals surface area (Å²) in [5.74, 6) is -0.730. The Bertz CT molecular complexity index is 966. The van der Waals surface area contributed by atoms with Gasteiger partial charge in [0.1, 0.15) is 0 Å². The number of hydrogen-bond acceptors (Lipinski definition) is 2. The first-order chi connectivity index (χ1) is 11.4. The third-order valence-corrected chi connectivity index (χ3v) is 4.08. The number of aliphatic hydroxyl groups excluding tert-OH is 1. The Morgan fingerprint density at radius 3 is 2.58 bits per heavy atom. The first kappa shape index (κ1) is 16.0. The second kappa shape index (κ2) is 5.98. The van der Waals surface area contributed by atoms with E-state index in [2.05, 4.69) is 23.4 Å². The van der Waals surface area contributed by atoms with Crippen molar-refractivity contribution in [3.8, 4) is 0 Å². The Morgan fingerprint density at radius 1 is 1.21 bits per heavy atom. The van der Waals surface area contributed by atoms with E-state index >= 15 is 0 Å². The molecule has 5 N–H and O–H groups in total. The van der Waals surface area contributed by atoms with E-state index in [1.165, 1.54) is 0 Å². The Kier molecular flexibility index (Phi) is 3.99. The van der Waals surface area contributed by atoms with Gasteiger partial charge in [0, 0.05) is 27.9 Å². The minimum absolute atomic E-state index is 0.0385. The van der Waals surface area contributed by atoms with Crippen LogP contribution in [0.5, 0.6) is 0 Å². The van der Waals surface area contributed by atoms with E-state index in [9.17, 15) is 9.90 Å². The first-order valence-electron chi connectivity index (χ1n) is 7.74. The van der Waals surface area contributed by atoms with Crippen LogP contribution in [0.25, 0.3) is 21.8 Å². The highest BCUT2D eigenvalue weighted by Crippen LogP contribution is 2.34. The van der Waals surface area contributed by atoms with Gasteiger partial charge in [0.2, 0.25) is 0 Å². The molecule has 0 spiro atoms. The van der Waals surface area contributed by atoms with Crippen molar-refractivity contribution < 1.29 is 9.90 Å². The molecule has 1 aromatic heterocycles. The summed E-state index contributed by atoms with van der Waals surface area (Å²) in [6, 6.07) is 11.4. The summed E-state index contributed by atoms with van der Waals surface area (Å²) in [6.45, 7) is 4.12. The van der Waals surface area contributed by atoms with Crippen LogP contribution in [0.4, 0.5) is 0 Å². The molecule has 1 amide bonds. The minimum Gasteiger partial charge on any atom is -0.392 e. The van der Waals surface area contributed by atoms with E-state index in [1.54, 1.807) is 12.1 Å². The molecule has 0 aliphatic carbocycles. The fraction of sp³-hybridized carbons (Fsp3) is 0.222. The van der Waals surface area contributed by atoms with Crippen LogP contribution in [-0.4, -0.2) is 21.5 Å². The third-order valence-electron chi connectivity index (χ3n) is 4.08. The zero-order valence-electron chi connectivity index (χ0n) is 13.7. The highest BCUT2D eigenvalue weighted by Gasteiger charge is 2.17. The largest absolute Gasteiger partial charge is 0.392 e. The predicted octanol–water partition coefficient (Wildman–Crippen LogP) is 2.28. The summed E-state index contributed by atoms with van der Waals surface area (Å²) >= 11 is 0. The van der Waals surface area contributed by atoms with Crippen LogP contribution in [0.1, 0.15) is 35.8 Å². The molecule has 1 heterocycles. The van der Waals surface area contributed by atoms with E-state index < -0.39 is 5.91 Å². The molecule has 0 radical (unpaired) electrons. The number of guanidine groups is 1. The Balaban J connectivity index is 2.37. The smallest absolute Gasteiger partial charge is 0.280 e. The zero-order chi connectivity index (χ0) is 17.4. The quantitative estimate of drug-likeness (QED) is 0.507. The van der Waals surface area contributed by atoms with Gasteiger partial charge in [-0.1, -0.05) is 18.2 Å². The Labute approximate surface area is 139 Å². The van der Waals surface area contributed by atoms with Crippen molar-refractivity contribution >= 4 is 33.7 Å². The topological polar surface area (TPSA) is 107 Å². The monoisotopic (exact) mass is 324 g/mol. The number of aliphatic hydroxyl groups is 1. The summed E-state index contributed by atoms with van der Waals surface area (Å²) in [4.78, 5) is 15.7. The first-order valence-corrected chi connectivity index (χ1v) is 7.74. The molecule has 0 unspecified atom stereocenters. The molecule has 0 saturated carbocycles. The molecule has 6 heteroatoms. The van der Waals surface area contributed by atoms with Gasteiger partial charge in [-0.2, -0.15) is 4.99 Å². The number of rotatable bonds is 3. The van der Waals surface area contributed by atoms with Crippen molar-refractivity contribution in [2.45, 2.75) is 26.5 Å². The number of benzene rings is 2.